The first kappa shape index (κ1) is 32.7. The summed E-state index contributed by atoms with van der Waals surface area (Å²) in [6.45, 7) is 4.19. The molecule has 0 amide bonds. The van der Waals surface area contributed by atoms with Gasteiger partial charge in [-0.3, -0.25) is 9.78 Å². The number of hydrogen-bond donors (Lipinski definition) is 1. The Bertz CT molecular complexity index is 1590. The first-order valence-corrected chi connectivity index (χ1v) is 15.9. The first-order chi connectivity index (χ1) is 21.5. The largest absolute Gasteiger partial charge is 0.573 e. The summed E-state index contributed by atoms with van der Waals surface area (Å²) >= 11 is 1.66. The summed E-state index contributed by atoms with van der Waals surface area (Å²) in [6.07, 6.45) is 0.410. The second-order valence-electron chi connectivity index (χ2n) is 11.6. The molecule has 0 radical (unpaired) electrons. The standard InChI is InChI=1S/C33H36F3N3O5S/c1-4-19-15-21(14-18(2)31(19)45-27-16-38-29-23(32(41)42-3)9-7-10-25(29)39-27)43-17-24(30(40)20-12-13-20)28(37)22-8-5-6-11-26(22)44-33(34,35)36/h5-11,16,18-21,31H,4,12-15,17,37H2,1-3H3. The normalized spacial score (nSPS) is 22.5. The number of nitrogens with two attached hydrogens (primary N) is 1. The van der Waals surface area contributed by atoms with E-state index in [-0.39, 0.29) is 58.3 Å². The Kier molecular flexibility index (Phi) is 10.0. The molecule has 0 bridgehead atoms. The fourth-order valence-corrected chi connectivity index (χ4v) is 7.35. The summed E-state index contributed by atoms with van der Waals surface area (Å²) in [5, 5.41) is 0.983. The SMILES string of the molecule is CCC1CC(OCC(C(=O)C2CC2)=C(N)c2ccccc2OC(F)(F)F)CC(C)C1Sc1cnc2c(C(=O)OC)cccc2n1. The number of benzene rings is 2. The molecule has 2 aromatic carbocycles. The molecule has 2 aliphatic carbocycles. The molecule has 0 saturated heterocycles. The fourth-order valence-electron chi connectivity index (χ4n) is 5.96. The van der Waals surface area contributed by atoms with Crippen molar-refractivity contribution in [2.75, 3.05) is 13.7 Å². The zero-order valence-electron chi connectivity index (χ0n) is 25.3. The number of thioether (sulfide) groups is 1. The van der Waals surface area contributed by atoms with Crippen LogP contribution < -0.4 is 10.5 Å². The third-order valence-corrected chi connectivity index (χ3v) is 9.96. The Balaban J connectivity index is 1.31. The molecule has 4 atom stereocenters. The molecule has 5 rings (SSSR count). The molecule has 2 aliphatic rings. The molecule has 2 saturated carbocycles. The minimum atomic E-state index is -4.90. The van der Waals surface area contributed by atoms with E-state index in [0.717, 1.165) is 37.1 Å². The van der Waals surface area contributed by atoms with Gasteiger partial charge in [-0.2, -0.15) is 0 Å². The number of methoxy groups -OCH3 is 1. The van der Waals surface area contributed by atoms with Crippen LogP contribution in [0.25, 0.3) is 16.7 Å². The maximum Gasteiger partial charge on any atom is 0.573 e. The van der Waals surface area contributed by atoms with Gasteiger partial charge < -0.3 is 19.9 Å². The number of fused-ring (bicyclic) bond motifs is 1. The van der Waals surface area contributed by atoms with Crippen LogP contribution in [0, 0.1) is 17.8 Å². The van der Waals surface area contributed by atoms with E-state index in [1.54, 1.807) is 36.2 Å². The number of carbonyl (C=O) groups is 2. The number of ether oxygens (including phenoxy) is 3. The molecule has 3 aromatic rings. The molecule has 8 nitrogen and oxygen atoms in total. The van der Waals surface area contributed by atoms with E-state index in [9.17, 15) is 22.8 Å². The van der Waals surface area contributed by atoms with Gasteiger partial charge in [0, 0.05) is 22.3 Å². The maximum absolute atomic E-state index is 13.3. The van der Waals surface area contributed by atoms with Crippen LogP contribution in [0.3, 0.4) is 0 Å². The van der Waals surface area contributed by atoms with E-state index < -0.39 is 18.1 Å². The molecule has 0 spiro atoms. The van der Waals surface area contributed by atoms with Gasteiger partial charge in [0.05, 0.1) is 42.8 Å². The van der Waals surface area contributed by atoms with Crippen LogP contribution >= 0.6 is 11.8 Å². The quantitative estimate of drug-likeness (QED) is 0.175. The Morgan fingerprint density at radius 3 is 2.49 bits per heavy atom. The van der Waals surface area contributed by atoms with Gasteiger partial charge in [0.2, 0.25) is 0 Å². The van der Waals surface area contributed by atoms with E-state index in [2.05, 4.69) is 23.6 Å². The smallest absolute Gasteiger partial charge is 0.465 e. The highest BCUT2D eigenvalue weighted by molar-refractivity contribution is 7.99. The third-order valence-electron chi connectivity index (χ3n) is 8.40. The number of aromatic nitrogens is 2. The lowest BCUT2D eigenvalue weighted by Crippen LogP contribution is -2.37. The summed E-state index contributed by atoms with van der Waals surface area (Å²) in [5.74, 6) is -0.817. The van der Waals surface area contributed by atoms with Gasteiger partial charge in [-0.25, -0.2) is 9.78 Å². The van der Waals surface area contributed by atoms with Gasteiger partial charge in [-0.1, -0.05) is 38.5 Å². The Morgan fingerprint density at radius 1 is 1.07 bits per heavy atom. The lowest BCUT2D eigenvalue weighted by atomic mass is 9.79. The van der Waals surface area contributed by atoms with Crippen LogP contribution in [0.2, 0.25) is 0 Å². The number of rotatable bonds is 11. The van der Waals surface area contributed by atoms with Gasteiger partial charge in [-0.05, 0) is 61.8 Å². The number of alkyl halides is 3. The minimum Gasteiger partial charge on any atom is -0.465 e. The van der Waals surface area contributed by atoms with E-state index in [0.29, 0.717) is 16.6 Å². The van der Waals surface area contributed by atoms with Crippen LogP contribution in [0.15, 0.2) is 59.3 Å². The van der Waals surface area contributed by atoms with Crippen LogP contribution in [0.5, 0.6) is 5.75 Å². The molecule has 1 heterocycles. The number of Topliss-reactive ketones (excluding diaryl/α,β-unsaturated/α-hetero) is 1. The molecule has 240 valence electrons. The molecule has 2 fully saturated rings. The summed E-state index contributed by atoms with van der Waals surface area (Å²) in [4.78, 5) is 34.7. The highest BCUT2D eigenvalue weighted by atomic mass is 32.2. The number of para-hydroxylation sites is 2. The minimum absolute atomic E-state index is 0.0116. The number of halogens is 3. The van der Waals surface area contributed by atoms with Crippen LogP contribution in [-0.4, -0.2) is 53.2 Å². The monoisotopic (exact) mass is 643 g/mol. The zero-order chi connectivity index (χ0) is 32.3. The summed E-state index contributed by atoms with van der Waals surface area (Å²) in [6, 6.07) is 10.8. The predicted molar refractivity (Wildman–Crippen MR) is 164 cm³/mol. The van der Waals surface area contributed by atoms with Crippen LogP contribution in [0.1, 0.15) is 61.9 Å². The van der Waals surface area contributed by atoms with Gasteiger partial charge in [0.15, 0.2) is 5.78 Å². The van der Waals surface area contributed by atoms with Crippen molar-refractivity contribution in [1.82, 2.24) is 9.97 Å². The van der Waals surface area contributed by atoms with E-state index in [1.807, 2.05) is 6.07 Å². The number of nitrogens with zero attached hydrogens (tertiary/aromatic N) is 2. The second-order valence-corrected chi connectivity index (χ2v) is 12.8. The molecular weight excluding hydrogens is 607 g/mol. The predicted octanol–water partition coefficient (Wildman–Crippen LogP) is 6.97. The van der Waals surface area contributed by atoms with Gasteiger partial charge >= 0.3 is 12.3 Å². The lowest BCUT2D eigenvalue weighted by Gasteiger charge is -2.39. The van der Waals surface area contributed by atoms with Crippen molar-refractivity contribution < 1.29 is 37.0 Å². The van der Waals surface area contributed by atoms with E-state index in [1.165, 1.54) is 25.3 Å². The highest BCUT2D eigenvalue weighted by Gasteiger charge is 2.38. The van der Waals surface area contributed by atoms with Crippen molar-refractivity contribution in [3.8, 4) is 5.75 Å². The van der Waals surface area contributed by atoms with Crippen molar-refractivity contribution >= 4 is 40.2 Å². The number of carbonyl (C=O) groups excluding carboxylic acids is 2. The Labute approximate surface area is 263 Å². The molecular formula is C33H36F3N3O5S. The van der Waals surface area contributed by atoms with Gasteiger partial charge in [0.1, 0.15) is 16.3 Å². The van der Waals surface area contributed by atoms with Crippen molar-refractivity contribution in [3.05, 3.63) is 65.4 Å². The average Bonchev–Trinajstić information content (AvgIpc) is 3.86. The van der Waals surface area contributed by atoms with Crippen molar-refractivity contribution in [3.63, 3.8) is 0 Å². The number of ketones is 1. The number of esters is 1. The first-order valence-electron chi connectivity index (χ1n) is 15.0. The van der Waals surface area contributed by atoms with Gasteiger partial charge in [-0.15, -0.1) is 24.9 Å². The van der Waals surface area contributed by atoms with E-state index >= 15 is 0 Å². The van der Waals surface area contributed by atoms with Crippen molar-refractivity contribution in [1.29, 1.82) is 0 Å². The van der Waals surface area contributed by atoms with Crippen LogP contribution in [-0.2, 0) is 14.3 Å². The summed E-state index contributed by atoms with van der Waals surface area (Å²) in [5.41, 5.74) is 8.00. The zero-order valence-corrected chi connectivity index (χ0v) is 26.1. The molecule has 4 unspecified atom stereocenters. The molecule has 12 heteroatoms. The maximum atomic E-state index is 13.3. The molecule has 2 N–H and O–H groups in total. The molecule has 45 heavy (non-hydrogen) atoms. The topological polar surface area (TPSA) is 114 Å². The summed E-state index contributed by atoms with van der Waals surface area (Å²) < 4.78 is 54.6. The Morgan fingerprint density at radius 2 is 1.80 bits per heavy atom. The van der Waals surface area contributed by atoms with Crippen molar-refractivity contribution in [2.45, 2.75) is 68.7 Å². The van der Waals surface area contributed by atoms with E-state index in [4.69, 9.17) is 20.2 Å². The average molecular weight is 644 g/mol. The number of hydrogen-bond acceptors (Lipinski definition) is 9. The van der Waals surface area contributed by atoms with Crippen LogP contribution in [0.4, 0.5) is 13.2 Å². The fraction of sp³-hybridized carbons (Fsp3) is 0.455. The molecule has 0 aliphatic heterocycles. The Hall–Kier alpha value is -3.64. The van der Waals surface area contributed by atoms with Crippen molar-refractivity contribution in [2.24, 2.45) is 23.5 Å². The second kappa shape index (κ2) is 13.8. The lowest BCUT2D eigenvalue weighted by molar-refractivity contribution is -0.274. The van der Waals surface area contributed by atoms with Gasteiger partial charge in [0.25, 0.3) is 0 Å². The molecule has 1 aromatic heterocycles. The highest BCUT2D eigenvalue weighted by Crippen LogP contribution is 2.43. The summed E-state index contributed by atoms with van der Waals surface area (Å²) in [7, 11) is 1.33. The third kappa shape index (κ3) is 7.78.